The second-order valence-corrected chi connectivity index (χ2v) is 4.77. The minimum atomic E-state index is 0. The molecule has 1 fully saturated rings. The lowest BCUT2D eigenvalue weighted by atomic mass is 9.81. The molecule has 0 atom stereocenters. The molecule has 114 valence electrons. The van der Waals surface area contributed by atoms with E-state index in [1.54, 1.807) is 6.07 Å². The zero-order valence-electron chi connectivity index (χ0n) is 11.1. The Hall–Kier alpha value is -1.11. The maximum atomic E-state index is 12.0. The molecule has 5 N–H and O–H groups in total. The molecule has 8 heteroatoms. The van der Waals surface area contributed by atoms with Crippen LogP contribution < -0.4 is 16.8 Å². The maximum Gasteiger partial charge on any atom is 0.228 e. The second-order valence-electron chi connectivity index (χ2n) is 4.77. The van der Waals surface area contributed by atoms with E-state index in [4.69, 9.17) is 11.5 Å². The Morgan fingerprint density at radius 3 is 2.45 bits per heavy atom. The fourth-order valence-electron chi connectivity index (χ4n) is 2.33. The van der Waals surface area contributed by atoms with E-state index >= 15 is 0 Å². The van der Waals surface area contributed by atoms with Gasteiger partial charge < -0.3 is 16.8 Å². The highest BCUT2D eigenvalue weighted by Crippen LogP contribution is 2.28. The molecule has 0 aliphatic heterocycles. The van der Waals surface area contributed by atoms with Crippen LogP contribution >= 0.6 is 24.8 Å². The normalized spacial score (nSPS) is 21.2. The van der Waals surface area contributed by atoms with Crippen LogP contribution in [0.25, 0.3) is 0 Å². The molecule has 6 nitrogen and oxygen atoms in total. The number of amides is 1. The van der Waals surface area contributed by atoms with Crippen LogP contribution in [0.3, 0.4) is 0 Å². The lowest BCUT2D eigenvalue weighted by molar-refractivity contribution is -0.121. The van der Waals surface area contributed by atoms with Crippen LogP contribution in [0.2, 0.25) is 0 Å². The minimum absolute atomic E-state index is 0. The molecule has 2 rings (SSSR count). The van der Waals surface area contributed by atoms with E-state index in [0.717, 1.165) is 32.2 Å². The van der Waals surface area contributed by atoms with Crippen LogP contribution in [-0.4, -0.2) is 22.4 Å². The number of aromatic nitrogens is 2. The molecular formula is C12H21Cl2N5O. The molecule has 1 heterocycles. The molecule has 0 bridgehead atoms. The molecule has 0 unspecified atom stereocenters. The summed E-state index contributed by atoms with van der Waals surface area (Å²) in [5.74, 6) is 1.47. The summed E-state index contributed by atoms with van der Waals surface area (Å²) in [5, 5.41) is 2.78. The van der Waals surface area contributed by atoms with E-state index in [0.29, 0.717) is 17.6 Å². The van der Waals surface area contributed by atoms with Crippen molar-refractivity contribution in [3.05, 3.63) is 12.4 Å². The summed E-state index contributed by atoms with van der Waals surface area (Å²) >= 11 is 0. The number of nitrogen functional groups attached to an aromatic ring is 1. The zero-order chi connectivity index (χ0) is 13.0. The van der Waals surface area contributed by atoms with Crippen molar-refractivity contribution in [1.29, 1.82) is 0 Å². The lowest BCUT2D eigenvalue weighted by Crippen LogP contribution is -2.29. The van der Waals surface area contributed by atoms with Crippen molar-refractivity contribution in [2.45, 2.75) is 25.7 Å². The number of carbonyl (C=O) groups excluding carboxylic acids is 1. The molecular weight excluding hydrogens is 301 g/mol. The highest BCUT2D eigenvalue weighted by atomic mass is 35.5. The van der Waals surface area contributed by atoms with Gasteiger partial charge in [0.1, 0.15) is 18.0 Å². The van der Waals surface area contributed by atoms with Crippen molar-refractivity contribution in [3.63, 3.8) is 0 Å². The fraction of sp³-hybridized carbons (Fsp3) is 0.583. The topological polar surface area (TPSA) is 107 Å². The Morgan fingerprint density at radius 2 is 1.90 bits per heavy atom. The van der Waals surface area contributed by atoms with Gasteiger partial charge in [-0.05, 0) is 38.1 Å². The first kappa shape index (κ1) is 18.9. The molecule has 1 aromatic rings. The Balaban J connectivity index is 0.00000180. The van der Waals surface area contributed by atoms with E-state index in [-0.39, 0.29) is 36.6 Å². The largest absolute Gasteiger partial charge is 0.384 e. The number of hydrogen-bond donors (Lipinski definition) is 3. The van der Waals surface area contributed by atoms with Crippen LogP contribution in [0.5, 0.6) is 0 Å². The number of carbonyl (C=O) groups is 1. The first-order valence-corrected chi connectivity index (χ1v) is 6.27. The highest BCUT2D eigenvalue weighted by molar-refractivity contribution is 5.91. The summed E-state index contributed by atoms with van der Waals surface area (Å²) in [6.45, 7) is 0.719. The number of nitrogens with two attached hydrogens (primary N) is 2. The van der Waals surface area contributed by atoms with Crippen LogP contribution in [-0.2, 0) is 4.79 Å². The third-order valence-electron chi connectivity index (χ3n) is 3.49. The van der Waals surface area contributed by atoms with Gasteiger partial charge in [0.15, 0.2) is 0 Å². The fourth-order valence-corrected chi connectivity index (χ4v) is 2.33. The molecule has 1 saturated carbocycles. The smallest absolute Gasteiger partial charge is 0.228 e. The van der Waals surface area contributed by atoms with Crippen molar-refractivity contribution in [1.82, 2.24) is 9.97 Å². The molecule has 0 radical (unpaired) electrons. The third-order valence-corrected chi connectivity index (χ3v) is 3.49. The van der Waals surface area contributed by atoms with Crippen LogP contribution in [0, 0.1) is 11.8 Å². The number of hydrogen-bond acceptors (Lipinski definition) is 5. The number of nitrogens with zero attached hydrogens (tertiary/aromatic N) is 2. The number of nitrogens with one attached hydrogen (secondary N) is 1. The van der Waals surface area contributed by atoms with Gasteiger partial charge in [-0.25, -0.2) is 9.97 Å². The molecule has 0 spiro atoms. The van der Waals surface area contributed by atoms with E-state index in [9.17, 15) is 4.79 Å². The summed E-state index contributed by atoms with van der Waals surface area (Å²) < 4.78 is 0. The van der Waals surface area contributed by atoms with Crippen molar-refractivity contribution in [2.75, 3.05) is 17.6 Å². The van der Waals surface area contributed by atoms with E-state index in [1.165, 1.54) is 6.33 Å². The Labute approximate surface area is 130 Å². The highest BCUT2D eigenvalue weighted by Gasteiger charge is 2.25. The Morgan fingerprint density at radius 1 is 1.25 bits per heavy atom. The van der Waals surface area contributed by atoms with Gasteiger partial charge in [0.25, 0.3) is 0 Å². The van der Waals surface area contributed by atoms with Crippen LogP contribution in [0.4, 0.5) is 11.6 Å². The van der Waals surface area contributed by atoms with Gasteiger partial charge in [0, 0.05) is 12.0 Å². The third kappa shape index (κ3) is 5.11. The summed E-state index contributed by atoms with van der Waals surface area (Å²) in [7, 11) is 0. The van der Waals surface area contributed by atoms with Crippen molar-refractivity contribution < 1.29 is 4.79 Å². The number of halogens is 2. The van der Waals surface area contributed by atoms with Crippen molar-refractivity contribution >= 4 is 42.4 Å². The standard InChI is InChI=1S/C12H19N5O.2ClH/c13-6-8-1-3-9(4-2-8)12(18)17-11-5-10(14)15-7-16-11;;/h5,7-9H,1-4,6,13H2,(H3,14,15,16,17,18);2*1H. The molecule has 0 aromatic carbocycles. The first-order chi connectivity index (χ1) is 8.69. The zero-order valence-corrected chi connectivity index (χ0v) is 12.8. The number of anilines is 2. The Bertz CT molecular complexity index is 424. The molecule has 1 aliphatic rings. The summed E-state index contributed by atoms with van der Waals surface area (Å²) in [6.07, 6.45) is 5.19. The van der Waals surface area contributed by atoms with Gasteiger partial charge in [0.05, 0.1) is 0 Å². The molecule has 1 aromatic heterocycles. The maximum absolute atomic E-state index is 12.0. The molecule has 1 amide bonds. The summed E-state index contributed by atoms with van der Waals surface area (Å²) in [5.41, 5.74) is 11.2. The quantitative estimate of drug-likeness (QED) is 0.783. The van der Waals surface area contributed by atoms with E-state index in [1.807, 2.05) is 0 Å². The van der Waals surface area contributed by atoms with Gasteiger partial charge in [-0.3, -0.25) is 4.79 Å². The van der Waals surface area contributed by atoms with Gasteiger partial charge in [0.2, 0.25) is 5.91 Å². The first-order valence-electron chi connectivity index (χ1n) is 6.27. The minimum Gasteiger partial charge on any atom is -0.384 e. The summed E-state index contributed by atoms with van der Waals surface area (Å²) in [4.78, 5) is 19.8. The van der Waals surface area contributed by atoms with E-state index < -0.39 is 0 Å². The molecule has 1 aliphatic carbocycles. The Kier molecular flexibility index (Phi) is 8.45. The van der Waals surface area contributed by atoms with Crippen LogP contribution in [0.15, 0.2) is 12.4 Å². The van der Waals surface area contributed by atoms with Crippen LogP contribution in [0.1, 0.15) is 25.7 Å². The van der Waals surface area contributed by atoms with Gasteiger partial charge in [-0.2, -0.15) is 0 Å². The SMILES string of the molecule is Cl.Cl.NCC1CCC(C(=O)Nc2cc(N)ncn2)CC1. The predicted octanol–water partition coefficient (Wildman–Crippen LogP) is 1.61. The lowest BCUT2D eigenvalue weighted by Gasteiger charge is -2.26. The molecule has 20 heavy (non-hydrogen) atoms. The van der Waals surface area contributed by atoms with Gasteiger partial charge >= 0.3 is 0 Å². The average Bonchev–Trinajstić information content (AvgIpc) is 2.39. The average molecular weight is 322 g/mol. The monoisotopic (exact) mass is 321 g/mol. The van der Waals surface area contributed by atoms with Crippen molar-refractivity contribution in [2.24, 2.45) is 17.6 Å². The molecule has 0 saturated heterocycles. The van der Waals surface area contributed by atoms with Gasteiger partial charge in [-0.15, -0.1) is 24.8 Å². The number of rotatable bonds is 3. The summed E-state index contributed by atoms with van der Waals surface area (Å²) in [6, 6.07) is 1.56. The second kappa shape index (κ2) is 8.94. The van der Waals surface area contributed by atoms with Crippen molar-refractivity contribution in [3.8, 4) is 0 Å². The van der Waals surface area contributed by atoms with Gasteiger partial charge in [-0.1, -0.05) is 0 Å². The predicted molar refractivity (Wildman–Crippen MR) is 84.1 cm³/mol. The van der Waals surface area contributed by atoms with E-state index in [2.05, 4.69) is 15.3 Å².